The summed E-state index contributed by atoms with van der Waals surface area (Å²) in [6, 6.07) is 20.3. The van der Waals surface area contributed by atoms with Gasteiger partial charge in [0.15, 0.2) is 17.6 Å². The van der Waals surface area contributed by atoms with Crippen LogP contribution in [-0.4, -0.2) is 35.5 Å². The molecule has 0 radical (unpaired) electrons. The van der Waals surface area contributed by atoms with Crippen molar-refractivity contribution in [3.63, 3.8) is 0 Å². The zero-order valence-electron chi connectivity index (χ0n) is 16.9. The van der Waals surface area contributed by atoms with Crippen molar-refractivity contribution in [1.29, 1.82) is 0 Å². The molecule has 7 heteroatoms. The molecule has 156 valence electrons. The number of nitrogens with zero attached hydrogens (tertiary/aromatic N) is 2. The summed E-state index contributed by atoms with van der Waals surface area (Å²) < 4.78 is 18.8. The van der Waals surface area contributed by atoms with Crippen LogP contribution < -0.4 is 19.5 Å². The first-order chi connectivity index (χ1) is 15.2. The first kappa shape index (κ1) is 19.0. The maximum Gasteiger partial charge on any atom is 0.255 e. The number of anilines is 1. The molecule has 0 saturated heterocycles. The molecule has 0 bridgehead atoms. The second-order valence-electron chi connectivity index (χ2n) is 7.30. The lowest BCUT2D eigenvalue weighted by Crippen LogP contribution is -2.33. The van der Waals surface area contributed by atoms with Crippen molar-refractivity contribution in [3.05, 3.63) is 78.5 Å². The van der Waals surface area contributed by atoms with Gasteiger partial charge >= 0.3 is 0 Å². The smallest absolute Gasteiger partial charge is 0.255 e. The maximum absolute atomic E-state index is 12.6. The number of aromatic nitrogens is 2. The van der Waals surface area contributed by atoms with Crippen molar-refractivity contribution >= 4 is 22.5 Å². The monoisotopic (exact) mass is 415 g/mol. The Labute approximate surface area is 179 Å². The fourth-order valence-electron chi connectivity index (χ4n) is 3.55. The molecule has 1 atom stereocenters. The number of nitrogens with one attached hydrogen (secondary N) is 1. The van der Waals surface area contributed by atoms with Crippen molar-refractivity contribution < 1.29 is 19.0 Å². The number of hydrogen-bond acceptors (Lipinski definition) is 5. The number of fused-ring (bicyclic) bond motifs is 2. The molecule has 1 unspecified atom stereocenters. The molecule has 5 rings (SSSR count). The average molecular weight is 415 g/mol. The van der Waals surface area contributed by atoms with Crippen LogP contribution in [0, 0.1) is 0 Å². The van der Waals surface area contributed by atoms with Crippen molar-refractivity contribution in [2.24, 2.45) is 0 Å². The zero-order valence-corrected chi connectivity index (χ0v) is 16.9. The number of hydrogen-bond donors (Lipinski definition) is 1. The second kappa shape index (κ2) is 8.02. The molecule has 0 saturated carbocycles. The molecule has 31 heavy (non-hydrogen) atoms. The normalized spacial score (nSPS) is 14.9. The number of rotatable bonds is 5. The Hall–Kier alpha value is -4.00. The molecular weight excluding hydrogens is 394 g/mol. The molecular formula is C24H21N3O4. The molecule has 1 amide bonds. The molecule has 1 aliphatic rings. The number of carbonyl (C=O) groups is 1. The number of carbonyl (C=O) groups excluding carboxylic acids is 1. The van der Waals surface area contributed by atoms with Crippen LogP contribution >= 0.6 is 0 Å². The molecule has 4 aromatic rings. The summed E-state index contributed by atoms with van der Waals surface area (Å²) in [4.78, 5) is 12.6. The number of para-hydroxylation sites is 2. The lowest BCUT2D eigenvalue weighted by atomic mass is 10.1. The number of amides is 1. The Bertz CT molecular complexity index is 1230. The summed E-state index contributed by atoms with van der Waals surface area (Å²) in [6.07, 6.45) is 1.78. The van der Waals surface area contributed by atoms with Gasteiger partial charge in [-0.15, -0.1) is 0 Å². The van der Waals surface area contributed by atoms with Gasteiger partial charge in [0.05, 0.1) is 19.2 Å². The van der Waals surface area contributed by atoms with Gasteiger partial charge in [-0.25, -0.2) is 0 Å². The molecule has 1 aliphatic heterocycles. The fraction of sp³-hybridized carbons (Fsp3) is 0.167. The molecule has 1 N–H and O–H groups in total. The highest BCUT2D eigenvalue weighted by Gasteiger charge is 2.21. The Kier molecular flexibility index (Phi) is 4.92. The molecule has 7 nitrogen and oxygen atoms in total. The first-order valence-electron chi connectivity index (χ1n) is 9.99. The summed E-state index contributed by atoms with van der Waals surface area (Å²) >= 11 is 0. The van der Waals surface area contributed by atoms with Crippen molar-refractivity contribution in [2.75, 3.05) is 19.0 Å². The van der Waals surface area contributed by atoms with Gasteiger partial charge in [-0.3, -0.25) is 9.48 Å². The SMILES string of the molecule is COc1ccc(NC(=O)c2ccc3nn(CC4COc5ccccc5O4)cc3c2)cc1. The minimum absolute atomic E-state index is 0.137. The average Bonchev–Trinajstić information content (AvgIpc) is 3.21. The zero-order chi connectivity index (χ0) is 21.2. The third kappa shape index (κ3) is 4.02. The van der Waals surface area contributed by atoms with Crippen LogP contribution in [0.5, 0.6) is 17.2 Å². The van der Waals surface area contributed by atoms with E-state index in [0.717, 1.165) is 28.2 Å². The summed E-state index contributed by atoms with van der Waals surface area (Å²) in [5, 5.41) is 8.39. The third-order valence-electron chi connectivity index (χ3n) is 5.12. The molecule has 2 heterocycles. The van der Waals surface area contributed by atoms with Crippen molar-refractivity contribution in [1.82, 2.24) is 9.78 Å². The highest BCUT2D eigenvalue weighted by molar-refractivity contribution is 6.06. The summed E-state index contributed by atoms with van der Waals surface area (Å²) in [7, 11) is 1.61. The minimum Gasteiger partial charge on any atom is -0.497 e. The number of benzene rings is 3. The van der Waals surface area contributed by atoms with Crippen molar-refractivity contribution in [3.8, 4) is 17.2 Å². The van der Waals surface area contributed by atoms with Crippen molar-refractivity contribution in [2.45, 2.75) is 12.6 Å². The second-order valence-corrected chi connectivity index (χ2v) is 7.30. The largest absolute Gasteiger partial charge is 0.497 e. The van der Waals surface area contributed by atoms with Crippen LogP contribution in [0.3, 0.4) is 0 Å². The van der Waals surface area contributed by atoms with Gasteiger partial charge in [-0.2, -0.15) is 5.10 Å². The van der Waals surface area contributed by atoms with Crippen LogP contribution in [-0.2, 0) is 6.54 Å². The molecule has 0 aliphatic carbocycles. The molecule has 0 spiro atoms. The minimum atomic E-state index is -0.180. The van der Waals surface area contributed by atoms with Gasteiger partial charge in [0, 0.05) is 22.8 Å². The van der Waals surface area contributed by atoms with Gasteiger partial charge in [-0.1, -0.05) is 12.1 Å². The third-order valence-corrected chi connectivity index (χ3v) is 5.12. The van der Waals surface area contributed by atoms with Gasteiger partial charge < -0.3 is 19.5 Å². The lowest BCUT2D eigenvalue weighted by molar-refractivity contribution is 0.0760. The van der Waals surface area contributed by atoms with E-state index in [1.54, 1.807) is 37.4 Å². The van der Waals surface area contributed by atoms with E-state index in [1.807, 2.05) is 47.3 Å². The van der Waals surface area contributed by atoms with E-state index in [4.69, 9.17) is 14.2 Å². The predicted octanol–water partition coefficient (Wildman–Crippen LogP) is 4.14. The Morgan fingerprint density at radius 1 is 1.13 bits per heavy atom. The summed E-state index contributed by atoms with van der Waals surface area (Å²) in [5.74, 6) is 2.06. The predicted molar refractivity (Wildman–Crippen MR) is 117 cm³/mol. The van der Waals surface area contributed by atoms with Gasteiger partial charge in [0.1, 0.15) is 12.4 Å². The van der Waals surface area contributed by atoms with Gasteiger partial charge in [-0.05, 0) is 54.6 Å². The molecule has 0 fully saturated rings. The Morgan fingerprint density at radius 2 is 1.94 bits per heavy atom. The van der Waals surface area contributed by atoms with E-state index in [0.29, 0.717) is 24.4 Å². The van der Waals surface area contributed by atoms with Crippen LogP contribution in [0.15, 0.2) is 72.9 Å². The van der Waals surface area contributed by atoms with Crippen LogP contribution in [0.25, 0.3) is 10.9 Å². The molecule has 3 aromatic carbocycles. The Morgan fingerprint density at radius 3 is 2.74 bits per heavy atom. The van der Waals surface area contributed by atoms with Gasteiger partial charge in [0.2, 0.25) is 0 Å². The van der Waals surface area contributed by atoms with Crippen LogP contribution in [0.4, 0.5) is 5.69 Å². The maximum atomic E-state index is 12.6. The van der Waals surface area contributed by atoms with Gasteiger partial charge in [0.25, 0.3) is 5.91 Å². The first-order valence-corrected chi connectivity index (χ1v) is 9.99. The molecule has 1 aromatic heterocycles. The van der Waals surface area contributed by atoms with E-state index in [2.05, 4.69) is 10.4 Å². The summed E-state index contributed by atoms with van der Waals surface area (Å²) in [6.45, 7) is 1.01. The van der Waals surface area contributed by atoms with E-state index in [-0.39, 0.29) is 12.0 Å². The van der Waals surface area contributed by atoms with E-state index in [1.165, 1.54) is 0 Å². The standard InChI is InChI=1S/C24H21N3O4/c1-29-19-9-7-18(8-10-19)25-24(28)16-6-11-21-17(12-16)13-27(26-21)14-20-15-30-22-4-2-3-5-23(22)31-20/h2-13,20H,14-15H2,1H3,(H,25,28). The summed E-state index contributed by atoms with van der Waals surface area (Å²) in [5.41, 5.74) is 2.09. The highest BCUT2D eigenvalue weighted by atomic mass is 16.6. The topological polar surface area (TPSA) is 74.6 Å². The highest BCUT2D eigenvalue weighted by Crippen LogP contribution is 2.31. The van der Waals surface area contributed by atoms with E-state index < -0.39 is 0 Å². The van der Waals surface area contributed by atoms with E-state index >= 15 is 0 Å². The Balaban J connectivity index is 1.29. The van der Waals surface area contributed by atoms with Crippen LogP contribution in [0.2, 0.25) is 0 Å². The number of ether oxygens (including phenoxy) is 3. The number of methoxy groups -OCH3 is 1. The lowest BCUT2D eigenvalue weighted by Gasteiger charge is -2.26. The quantitative estimate of drug-likeness (QED) is 0.530. The van der Waals surface area contributed by atoms with E-state index in [9.17, 15) is 4.79 Å². The van der Waals surface area contributed by atoms with Crippen LogP contribution in [0.1, 0.15) is 10.4 Å². The fourth-order valence-corrected chi connectivity index (χ4v) is 3.55.